The van der Waals surface area contributed by atoms with E-state index in [2.05, 4.69) is 4.99 Å². The van der Waals surface area contributed by atoms with Crippen LogP contribution in [0.25, 0.3) is 12.2 Å². The summed E-state index contributed by atoms with van der Waals surface area (Å²) in [4.78, 5) is 13.7. The average Bonchev–Trinajstić information content (AvgIpc) is 2.46. The Morgan fingerprint density at radius 1 is 1.00 bits per heavy atom. The van der Waals surface area contributed by atoms with Crippen LogP contribution < -0.4 is 0 Å². The number of hydrogen-bond donors (Lipinski definition) is 0. The molecule has 106 valence electrons. The predicted molar refractivity (Wildman–Crippen MR) is 74.6 cm³/mol. The molecule has 0 aliphatic carbocycles. The summed E-state index contributed by atoms with van der Waals surface area (Å²) in [7, 11) is 0. The molecule has 0 aromatic heterocycles. The molecule has 0 saturated carbocycles. The lowest BCUT2D eigenvalue weighted by molar-refractivity contribution is -0.137. The minimum absolute atomic E-state index is 0.0630. The zero-order valence-corrected chi connectivity index (χ0v) is 10.8. The van der Waals surface area contributed by atoms with E-state index in [4.69, 9.17) is 0 Å². The molecule has 0 fully saturated rings. The highest BCUT2D eigenvalue weighted by Crippen LogP contribution is 2.33. The van der Waals surface area contributed by atoms with Crippen molar-refractivity contribution in [1.82, 2.24) is 0 Å². The van der Waals surface area contributed by atoms with Crippen molar-refractivity contribution in [3.05, 3.63) is 65.2 Å². The number of benzene rings is 2. The molecule has 0 atom stereocenters. The van der Waals surface area contributed by atoms with Crippen molar-refractivity contribution < 1.29 is 18.0 Å². The molecule has 0 heterocycles. The standard InChI is InChI=1S/C16H10F3NO/c17-16(18,19)14-9-8-13(15(10-14)20-11-21)7-6-12-4-2-1-3-5-12/h1-10H. The Hall–Kier alpha value is -2.65. The summed E-state index contributed by atoms with van der Waals surface area (Å²) in [5.74, 6) is 0. The first-order valence-electron chi connectivity index (χ1n) is 6.03. The second-order valence-corrected chi connectivity index (χ2v) is 4.22. The smallest absolute Gasteiger partial charge is 0.211 e. The summed E-state index contributed by atoms with van der Waals surface area (Å²) in [5, 5.41) is 0. The van der Waals surface area contributed by atoms with Gasteiger partial charge in [0, 0.05) is 5.56 Å². The molecule has 0 radical (unpaired) electrons. The van der Waals surface area contributed by atoms with Gasteiger partial charge in [0.15, 0.2) is 0 Å². The molecule has 21 heavy (non-hydrogen) atoms. The molecule has 0 aliphatic rings. The fourth-order valence-corrected chi connectivity index (χ4v) is 1.76. The van der Waals surface area contributed by atoms with Crippen LogP contribution in [-0.2, 0) is 11.0 Å². The molecule has 0 aliphatic heterocycles. The Kier molecular flexibility index (Phi) is 4.36. The van der Waals surface area contributed by atoms with Crippen molar-refractivity contribution in [2.24, 2.45) is 4.99 Å². The van der Waals surface area contributed by atoms with Gasteiger partial charge < -0.3 is 0 Å². The molecular weight excluding hydrogens is 279 g/mol. The second kappa shape index (κ2) is 6.20. The van der Waals surface area contributed by atoms with Crippen LogP contribution in [0.5, 0.6) is 0 Å². The summed E-state index contributed by atoms with van der Waals surface area (Å²) in [6.45, 7) is 0. The first kappa shape index (κ1) is 14.8. The molecule has 2 rings (SSSR count). The van der Waals surface area contributed by atoms with Crippen LogP contribution in [0.3, 0.4) is 0 Å². The molecule has 2 aromatic rings. The highest BCUT2D eigenvalue weighted by atomic mass is 19.4. The minimum atomic E-state index is -4.48. The number of nitrogens with zero attached hydrogens (tertiary/aromatic N) is 1. The number of rotatable bonds is 3. The van der Waals surface area contributed by atoms with Crippen LogP contribution in [0.2, 0.25) is 0 Å². The van der Waals surface area contributed by atoms with Crippen molar-refractivity contribution >= 4 is 23.9 Å². The van der Waals surface area contributed by atoms with Crippen LogP contribution in [0.15, 0.2) is 53.5 Å². The van der Waals surface area contributed by atoms with Crippen LogP contribution in [0, 0.1) is 0 Å². The number of alkyl halides is 3. The number of hydrogen-bond acceptors (Lipinski definition) is 2. The van der Waals surface area contributed by atoms with Gasteiger partial charge in [-0.3, -0.25) is 0 Å². The van der Waals surface area contributed by atoms with Gasteiger partial charge >= 0.3 is 6.18 Å². The van der Waals surface area contributed by atoms with Gasteiger partial charge in [-0.05, 0) is 17.7 Å². The van der Waals surface area contributed by atoms with E-state index in [-0.39, 0.29) is 5.69 Å². The van der Waals surface area contributed by atoms with Gasteiger partial charge in [-0.2, -0.15) is 18.2 Å². The maximum Gasteiger partial charge on any atom is 0.416 e. The molecule has 0 amide bonds. The molecule has 0 unspecified atom stereocenters. The van der Waals surface area contributed by atoms with E-state index in [0.717, 1.165) is 17.7 Å². The van der Waals surface area contributed by atoms with Gasteiger partial charge in [-0.25, -0.2) is 4.79 Å². The fourth-order valence-electron chi connectivity index (χ4n) is 1.76. The summed E-state index contributed by atoms with van der Waals surface area (Å²) >= 11 is 0. The van der Waals surface area contributed by atoms with E-state index < -0.39 is 11.7 Å². The molecule has 0 saturated heterocycles. The third-order valence-electron chi connectivity index (χ3n) is 2.78. The van der Waals surface area contributed by atoms with E-state index in [1.54, 1.807) is 12.2 Å². The highest BCUT2D eigenvalue weighted by Gasteiger charge is 2.30. The summed E-state index contributed by atoms with van der Waals surface area (Å²) in [5.41, 5.74) is 0.383. The lowest BCUT2D eigenvalue weighted by Gasteiger charge is -2.08. The van der Waals surface area contributed by atoms with Gasteiger partial charge in [0.1, 0.15) is 0 Å². The molecule has 2 aromatic carbocycles. The Morgan fingerprint density at radius 3 is 2.33 bits per heavy atom. The number of halogens is 3. The highest BCUT2D eigenvalue weighted by molar-refractivity contribution is 5.76. The van der Waals surface area contributed by atoms with Crippen molar-refractivity contribution in [3.63, 3.8) is 0 Å². The zero-order valence-electron chi connectivity index (χ0n) is 10.8. The van der Waals surface area contributed by atoms with Crippen molar-refractivity contribution in [1.29, 1.82) is 0 Å². The van der Waals surface area contributed by atoms with E-state index in [1.165, 1.54) is 12.1 Å². The molecular formula is C16H10F3NO. The molecule has 0 bridgehead atoms. The molecule has 0 spiro atoms. The quantitative estimate of drug-likeness (QED) is 0.451. The van der Waals surface area contributed by atoms with Crippen molar-refractivity contribution in [2.75, 3.05) is 0 Å². The minimum Gasteiger partial charge on any atom is -0.211 e. The third kappa shape index (κ3) is 3.91. The maximum absolute atomic E-state index is 12.6. The van der Waals surface area contributed by atoms with Crippen molar-refractivity contribution in [2.45, 2.75) is 6.18 Å². The zero-order chi connectivity index (χ0) is 15.3. The lowest BCUT2D eigenvalue weighted by Crippen LogP contribution is -2.04. The molecule has 5 heteroatoms. The maximum atomic E-state index is 12.6. The van der Waals surface area contributed by atoms with Crippen LogP contribution in [0.1, 0.15) is 16.7 Å². The fraction of sp³-hybridized carbons (Fsp3) is 0.0625. The van der Waals surface area contributed by atoms with E-state index >= 15 is 0 Å². The lowest BCUT2D eigenvalue weighted by atomic mass is 10.1. The van der Waals surface area contributed by atoms with Crippen LogP contribution in [-0.4, -0.2) is 6.08 Å². The summed E-state index contributed by atoms with van der Waals surface area (Å²) < 4.78 is 37.9. The van der Waals surface area contributed by atoms with Gasteiger partial charge in [0.25, 0.3) is 0 Å². The topological polar surface area (TPSA) is 29.4 Å². The first-order chi connectivity index (χ1) is 10.0. The van der Waals surface area contributed by atoms with Gasteiger partial charge in [-0.15, -0.1) is 0 Å². The Balaban J connectivity index is 2.40. The van der Waals surface area contributed by atoms with Gasteiger partial charge in [0.2, 0.25) is 6.08 Å². The van der Waals surface area contributed by atoms with E-state index in [0.29, 0.717) is 5.56 Å². The SMILES string of the molecule is O=C=Nc1cc(C(F)(F)F)ccc1C=Cc1ccccc1. The van der Waals surface area contributed by atoms with Gasteiger partial charge in [0.05, 0.1) is 11.3 Å². The third-order valence-corrected chi connectivity index (χ3v) is 2.78. The second-order valence-electron chi connectivity index (χ2n) is 4.22. The summed E-state index contributed by atoms with van der Waals surface area (Å²) in [6.07, 6.45) is 0.129. The normalized spacial score (nSPS) is 11.4. The van der Waals surface area contributed by atoms with Crippen molar-refractivity contribution in [3.8, 4) is 0 Å². The number of isocyanates is 1. The first-order valence-corrected chi connectivity index (χ1v) is 6.03. The van der Waals surface area contributed by atoms with Crippen LogP contribution >= 0.6 is 0 Å². The number of carbonyl (C=O) groups excluding carboxylic acids is 1. The summed E-state index contributed by atoms with van der Waals surface area (Å²) in [6, 6.07) is 12.3. The predicted octanol–water partition coefficient (Wildman–Crippen LogP) is 4.84. The van der Waals surface area contributed by atoms with E-state index in [9.17, 15) is 18.0 Å². The largest absolute Gasteiger partial charge is 0.416 e. The van der Waals surface area contributed by atoms with E-state index in [1.807, 2.05) is 30.3 Å². The Labute approximate surface area is 119 Å². The Bertz CT molecular complexity index is 699. The molecule has 2 nitrogen and oxygen atoms in total. The van der Waals surface area contributed by atoms with Gasteiger partial charge in [-0.1, -0.05) is 48.6 Å². The monoisotopic (exact) mass is 289 g/mol. The Morgan fingerprint density at radius 2 is 1.71 bits per heavy atom. The average molecular weight is 289 g/mol. The molecule has 0 N–H and O–H groups in total. The van der Waals surface area contributed by atoms with Crippen LogP contribution in [0.4, 0.5) is 18.9 Å². The number of aliphatic imine (C=N–C) groups is 1.